The third kappa shape index (κ3) is 5.55. The van der Waals surface area contributed by atoms with Crippen LogP contribution < -0.4 is 10.6 Å². The summed E-state index contributed by atoms with van der Waals surface area (Å²) in [5.74, 6) is 2.17. The Labute approximate surface area is 142 Å². The van der Waals surface area contributed by atoms with Crippen LogP contribution in [-0.4, -0.2) is 29.5 Å². The van der Waals surface area contributed by atoms with Crippen LogP contribution in [0.5, 0.6) is 0 Å². The fourth-order valence-electron chi connectivity index (χ4n) is 2.14. The molecule has 1 aromatic rings. The molecule has 2 N–H and O–H groups in total. The van der Waals surface area contributed by atoms with Gasteiger partial charge in [-0.1, -0.05) is 0 Å². The lowest BCUT2D eigenvalue weighted by molar-refractivity contribution is 0.563. The predicted molar refractivity (Wildman–Crippen MR) is 97.0 cm³/mol. The molecular formula is C14H24IN3OS. The molecule has 6 heteroatoms. The minimum absolute atomic E-state index is 0. The average Bonchev–Trinajstić information content (AvgIpc) is 3.05. The standard InChI is InChI=1S/C14H23N3OS.HI/c1-3-15-13(16-9-12-5-7-18-10-12)17-11-14(2)6-4-8-19-14;/h5,7,10H,3-4,6,8-9,11H2,1-2H3,(H2,15,16,17);1H. The van der Waals surface area contributed by atoms with Gasteiger partial charge in [0.15, 0.2) is 5.96 Å². The first-order chi connectivity index (χ1) is 9.22. The molecule has 20 heavy (non-hydrogen) atoms. The van der Waals surface area contributed by atoms with Crippen LogP contribution in [0.15, 0.2) is 28.0 Å². The molecule has 0 aliphatic carbocycles. The zero-order valence-electron chi connectivity index (χ0n) is 12.1. The maximum Gasteiger partial charge on any atom is 0.191 e. The molecule has 2 heterocycles. The number of guanidine groups is 1. The van der Waals surface area contributed by atoms with E-state index in [0.29, 0.717) is 11.3 Å². The molecule has 0 aromatic carbocycles. The van der Waals surface area contributed by atoms with Crippen LogP contribution in [0.3, 0.4) is 0 Å². The number of nitrogens with one attached hydrogen (secondary N) is 2. The van der Waals surface area contributed by atoms with E-state index in [0.717, 1.165) is 24.6 Å². The van der Waals surface area contributed by atoms with Crippen molar-refractivity contribution >= 4 is 41.7 Å². The number of thioether (sulfide) groups is 1. The van der Waals surface area contributed by atoms with Crippen molar-refractivity contribution in [3.05, 3.63) is 24.2 Å². The van der Waals surface area contributed by atoms with Crippen LogP contribution in [0.25, 0.3) is 0 Å². The molecule has 0 radical (unpaired) electrons. The van der Waals surface area contributed by atoms with E-state index in [1.165, 1.54) is 18.6 Å². The molecule has 1 atom stereocenters. The van der Waals surface area contributed by atoms with Gasteiger partial charge in [-0.25, -0.2) is 4.99 Å². The van der Waals surface area contributed by atoms with Crippen LogP contribution >= 0.6 is 35.7 Å². The number of furan rings is 1. The first-order valence-corrected chi connectivity index (χ1v) is 7.88. The van der Waals surface area contributed by atoms with Crippen LogP contribution in [0, 0.1) is 0 Å². The van der Waals surface area contributed by atoms with Crippen molar-refractivity contribution in [3.8, 4) is 0 Å². The van der Waals surface area contributed by atoms with Crippen molar-refractivity contribution in [1.82, 2.24) is 10.6 Å². The Morgan fingerprint density at radius 2 is 2.35 bits per heavy atom. The van der Waals surface area contributed by atoms with Gasteiger partial charge in [0.25, 0.3) is 0 Å². The monoisotopic (exact) mass is 409 g/mol. The third-order valence-electron chi connectivity index (χ3n) is 3.27. The van der Waals surface area contributed by atoms with Crippen LogP contribution in [0.1, 0.15) is 32.3 Å². The summed E-state index contributed by atoms with van der Waals surface area (Å²) in [7, 11) is 0. The summed E-state index contributed by atoms with van der Waals surface area (Å²) in [6.07, 6.45) is 6.03. The van der Waals surface area contributed by atoms with Gasteiger partial charge < -0.3 is 15.1 Å². The summed E-state index contributed by atoms with van der Waals surface area (Å²) in [5.41, 5.74) is 1.10. The number of rotatable bonds is 5. The molecule has 114 valence electrons. The second kappa shape index (κ2) is 8.81. The first kappa shape index (κ1) is 17.7. The number of halogens is 1. The molecule has 0 bridgehead atoms. The molecule has 1 saturated heterocycles. The zero-order chi connectivity index (χ0) is 13.6. The second-order valence-corrected chi connectivity index (χ2v) is 6.76. The molecule has 0 spiro atoms. The van der Waals surface area contributed by atoms with E-state index < -0.39 is 0 Å². The zero-order valence-corrected chi connectivity index (χ0v) is 15.3. The minimum atomic E-state index is 0. The Balaban J connectivity index is 0.00000200. The van der Waals surface area contributed by atoms with E-state index in [4.69, 9.17) is 4.42 Å². The van der Waals surface area contributed by atoms with Gasteiger partial charge in [0, 0.05) is 23.4 Å². The Bertz CT molecular complexity index is 403. The fraction of sp³-hybridized carbons (Fsp3) is 0.643. The summed E-state index contributed by atoms with van der Waals surface area (Å²) < 4.78 is 5.40. The predicted octanol–water partition coefficient (Wildman–Crippen LogP) is 3.24. The number of nitrogens with zero attached hydrogens (tertiary/aromatic N) is 1. The van der Waals surface area contributed by atoms with Crippen molar-refractivity contribution in [1.29, 1.82) is 0 Å². The summed E-state index contributed by atoms with van der Waals surface area (Å²) in [4.78, 5) is 4.57. The van der Waals surface area contributed by atoms with Gasteiger partial charge in [-0.05, 0) is 38.5 Å². The van der Waals surface area contributed by atoms with Gasteiger partial charge >= 0.3 is 0 Å². The fourth-order valence-corrected chi connectivity index (χ4v) is 3.39. The maximum atomic E-state index is 5.05. The summed E-state index contributed by atoms with van der Waals surface area (Å²) in [6, 6.07) is 1.95. The molecule has 1 fully saturated rings. The summed E-state index contributed by atoms with van der Waals surface area (Å²) in [5, 5.41) is 6.74. The highest BCUT2D eigenvalue weighted by Gasteiger charge is 2.29. The van der Waals surface area contributed by atoms with Gasteiger partial charge in [0.1, 0.15) is 0 Å². The number of aliphatic imine (C=N–C) groups is 1. The largest absolute Gasteiger partial charge is 0.472 e. The highest BCUT2D eigenvalue weighted by molar-refractivity contribution is 14.0. The van der Waals surface area contributed by atoms with Gasteiger partial charge in [0.05, 0.1) is 19.1 Å². The molecule has 1 aromatic heterocycles. The van der Waals surface area contributed by atoms with Gasteiger partial charge in [-0.3, -0.25) is 0 Å². The van der Waals surface area contributed by atoms with Crippen LogP contribution in [0.4, 0.5) is 0 Å². The lowest BCUT2D eigenvalue weighted by atomic mass is 10.1. The van der Waals surface area contributed by atoms with E-state index in [1.54, 1.807) is 12.5 Å². The van der Waals surface area contributed by atoms with E-state index in [2.05, 4.69) is 41.2 Å². The van der Waals surface area contributed by atoms with E-state index in [-0.39, 0.29) is 24.0 Å². The van der Waals surface area contributed by atoms with E-state index in [1.807, 2.05) is 6.07 Å². The van der Waals surface area contributed by atoms with E-state index in [9.17, 15) is 0 Å². The summed E-state index contributed by atoms with van der Waals surface area (Å²) >= 11 is 2.06. The van der Waals surface area contributed by atoms with Crippen molar-refractivity contribution in [2.45, 2.75) is 38.0 Å². The highest BCUT2D eigenvalue weighted by Crippen LogP contribution is 2.36. The quantitative estimate of drug-likeness (QED) is 0.446. The third-order valence-corrected chi connectivity index (χ3v) is 4.81. The molecule has 4 nitrogen and oxygen atoms in total. The Kier molecular flexibility index (Phi) is 7.79. The van der Waals surface area contributed by atoms with Crippen molar-refractivity contribution in [2.75, 3.05) is 18.8 Å². The normalized spacial score (nSPS) is 22.4. The molecular weight excluding hydrogens is 385 g/mol. The lowest BCUT2D eigenvalue weighted by Crippen LogP contribution is -2.43. The second-order valence-electron chi connectivity index (χ2n) is 5.08. The van der Waals surface area contributed by atoms with Crippen LogP contribution in [0.2, 0.25) is 0 Å². The highest BCUT2D eigenvalue weighted by atomic mass is 127. The Morgan fingerprint density at radius 1 is 1.50 bits per heavy atom. The topological polar surface area (TPSA) is 49.6 Å². The molecule has 1 unspecified atom stereocenters. The smallest absolute Gasteiger partial charge is 0.191 e. The molecule has 0 saturated carbocycles. The lowest BCUT2D eigenvalue weighted by Gasteiger charge is -2.24. The molecule has 2 rings (SSSR count). The van der Waals surface area contributed by atoms with Gasteiger partial charge in [0.2, 0.25) is 0 Å². The van der Waals surface area contributed by atoms with E-state index >= 15 is 0 Å². The summed E-state index contributed by atoms with van der Waals surface area (Å²) in [6.45, 7) is 6.91. The van der Waals surface area contributed by atoms with Crippen molar-refractivity contribution in [2.24, 2.45) is 4.99 Å². The molecule has 0 amide bonds. The Morgan fingerprint density at radius 3 is 2.95 bits per heavy atom. The number of hydrogen-bond donors (Lipinski definition) is 2. The average molecular weight is 409 g/mol. The van der Waals surface area contributed by atoms with Gasteiger partial charge in [-0.15, -0.1) is 24.0 Å². The van der Waals surface area contributed by atoms with Crippen molar-refractivity contribution in [3.63, 3.8) is 0 Å². The van der Waals surface area contributed by atoms with Gasteiger partial charge in [-0.2, -0.15) is 11.8 Å². The molecule has 1 aliphatic rings. The number of hydrogen-bond acceptors (Lipinski definition) is 3. The first-order valence-electron chi connectivity index (χ1n) is 6.89. The Hall–Kier alpha value is -0.370. The molecule has 1 aliphatic heterocycles. The van der Waals surface area contributed by atoms with Crippen LogP contribution in [-0.2, 0) is 6.54 Å². The SMILES string of the molecule is CCNC(=NCc1ccoc1)NCC1(C)CCCS1.I. The maximum absolute atomic E-state index is 5.05. The minimum Gasteiger partial charge on any atom is -0.472 e. The van der Waals surface area contributed by atoms with Crippen molar-refractivity contribution < 1.29 is 4.42 Å².